The number of morpholine rings is 1. The average Bonchev–Trinajstić information content (AvgIpc) is 2.38. The number of rotatable bonds is 2. The molecule has 5 nitrogen and oxygen atoms in total. The molecule has 0 aliphatic carbocycles. The number of halogens is 2. The molecule has 1 unspecified atom stereocenters. The molecule has 19 heavy (non-hydrogen) atoms. The molecular weight excluding hydrogens is 291 g/mol. The summed E-state index contributed by atoms with van der Waals surface area (Å²) in [6.07, 6.45) is -0.324. The van der Waals surface area contributed by atoms with Gasteiger partial charge in [0.2, 0.25) is 0 Å². The van der Waals surface area contributed by atoms with Crippen LogP contribution in [0.3, 0.4) is 0 Å². The highest BCUT2D eigenvalue weighted by molar-refractivity contribution is 6.34. The summed E-state index contributed by atoms with van der Waals surface area (Å²) in [5, 5.41) is 9.39. The molecule has 2 rings (SSSR count). The summed E-state index contributed by atoms with van der Waals surface area (Å²) in [5.41, 5.74) is 6.53. The van der Waals surface area contributed by atoms with Gasteiger partial charge < -0.3 is 20.5 Å². The Labute approximate surface area is 122 Å². The van der Waals surface area contributed by atoms with Crippen LogP contribution in [-0.4, -0.2) is 48.3 Å². The number of benzene rings is 1. The summed E-state index contributed by atoms with van der Waals surface area (Å²) in [4.78, 5) is 13.9. The molecule has 3 N–H and O–H groups in total. The molecule has 1 atom stereocenters. The van der Waals surface area contributed by atoms with E-state index < -0.39 is 0 Å². The molecule has 1 fully saturated rings. The second kappa shape index (κ2) is 6.96. The number of nitrogen functional groups attached to an aromatic ring is 1. The molecule has 1 amide bonds. The van der Waals surface area contributed by atoms with Crippen LogP contribution >= 0.6 is 24.0 Å². The minimum atomic E-state index is -0.324. The quantitative estimate of drug-likeness (QED) is 0.805. The first-order valence-electron chi connectivity index (χ1n) is 5.68. The van der Waals surface area contributed by atoms with Gasteiger partial charge in [-0.3, -0.25) is 4.79 Å². The van der Waals surface area contributed by atoms with E-state index in [0.29, 0.717) is 36.0 Å². The standard InChI is InChI=1S/C12H15ClN2O3.ClH/c13-11-5-8(14)1-2-10(11)12(17)15-3-4-18-9(6-15)7-16;/h1-2,5,9,16H,3-4,6-7,14H2;1H. The molecule has 1 saturated heterocycles. The topological polar surface area (TPSA) is 75.8 Å². The number of nitrogens with two attached hydrogens (primary N) is 1. The van der Waals surface area contributed by atoms with E-state index in [9.17, 15) is 4.79 Å². The van der Waals surface area contributed by atoms with Crippen molar-refractivity contribution in [2.75, 3.05) is 32.0 Å². The Bertz CT molecular complexity index is 457. The van der Waals surface area contributed by atoms with Crippen molar-refractivity contribution in [3.8, 4) is 0 Å². The third-order valence-electron chi connectivity index (χ3n) is 2.85. The molecule has 0 radical (unpaired) electrons. The van der Waals surface area contributed by atoms with Crippen LogP contribution in [0.1, 0.15) is 10.4 Å². The summed E-state index contributed by atoms with van der Waals surface area (Å²) in [6.45, 7) is 1.19. The van der Waals surface area contributed by atoms with Gasteiger partial charge in [-0.15, -0.1) is 12.4 Å². The van der Waals surface area contributed by atoms with Gasteiger partial charge in [0.15, 0.2) is 0 Å². The van der Waals surface area contributed by atoms with Gasteiger partial charge in [0.25, 0.3) is 5.91 Å². The van der Waals surface area contributed by atoms with Gasteiger partial charge in [0, 0.05) is 18.8 Å². The normalized spacial score (nSPS) is 18.8. The summed E-state index contributed by atoms with van der Waals surface area (Å²) < 4.78 is 5.30. The van der Waals surface area contributed by atoms with E-state index in [4.69, 9.17) is 27.2 Å². The number of aliphatic hydroxyl groups excluding tert-OH is 1. The number of nitrogens with zero attached hydrogens (tertiary/aromatic N) is 1. The fourth-order valence-electron chi connectivity index (χ4n) is 1.89. The molecule has 1 aliphatic heterocycles. The zero-order chi connectivity index (χ0) is 13.1. The van der Waals surface area contributed by atoms with Crippen LogP contribution in [-0.2, 0) is 4.74 Å². The Morgan fingerprint density at radius 3 is 2.95 bits per heavy atom. The number of hydrogen-bond donors (Lipinski definition) is 2. The van der Waals surface area contributed by atoms with E-state index in [-0.39, 0.29) is 31.0 Å². The van der Waals surface area contributed by atoms with Crippen LogP contribution in [0, 0.1) is 0 Å². The average molecular weight is 307 g/mol. The van der Waals surface area contributed by atoms with Crippen LogP contribution in [0.2, 0.25) is 5.02 Å². The first kappa shape index (κ1) is 16.0. The maximum absolute atomic E-state index is 12.3. The predicted octanol–water partition coefficient (Wildman–Crippen LogP) is 1.18. The van der Waals surface area contributed by atoms with Gasteiger partial charge in [-0.2, -0.15) is 0 Å². The third-order valence-corrected chi connectivity index (χ3v) is 3.17. The van der Waals surface area contributed by atoms with Crippen molar-refractivity contribution in [2.24, 2.45) is 0 Å². The van der Waals surface area contributed by atoms with Crippen molar-refractivity contribution in [2.45, 2.75) is 6.10 Å². The van der Waals surface area contributed by atoms with Gasteiger partial charge in [-0.1, -0.05) is 11.6 Å². The molecule has 0 saturated carbocycles. The Morgan fingerprint density at radius 2 is 2.32 bits per heavy atom. The molecule has 0 bridgehead atoms. The van der Waals surface area contributed by atoms with Gasteiger partial charge in [-0.25, -0.2) is 0 Å². The highest BCUT2D eigenvalue weighted by Crippen LogP contribution is 2.21. The lowest BCUT2D eigenvalue weighted by atomic mass is 10.1. The van der Waals surface area contributed by atoms with Gasteiger partial charge in [-0.05, 0) is 18.2 Å². The molecule has 1 aromatic rings. The summed E-state index contributed by atoms with van der Waals surface area (Å²) in [6, 6.07) is 4.81. The van der Waals surface area contributed by atoms with E-state index in [1.165, 1.54) is 0 Å². The highest BCUT2D eigenvalue weighted by Gasteiger charge is 2.25. The largest absolute Gasteiger partial charge is 0.399 e. The molecule has 1 heterocycles. The van der Waals surface area contributed by atoms with Crippen LogP contribution in [0.4, 0.5) is 5.69 Å². The Hall–Kier alpha value is -1.01. The Balaban J connectivity index is 0.00000180. The fourth-order valence-corrected chi connectivity index (χ4v) is 2.16. The molecule has 7 heteroatoms. The highest BCUT2D eigenvalue weighted by atomic mass is 35.5. The van der Waals surface area contributed by atoms with Gasteiger partial charge >= 0.3 is 0 Å². The maximum Gasteiger partial charge on any atom is 0.255 e. The van der Waals surface area contributed by atoms with Crippen LogP contribution in [0.25, 0.3) is 0 Å². The van der Waals surface area contributed by atoms with E-state index >= 15 is 0 Å². The third kappa shape index (κ3) is 3.73. The molecule has 106 valence electrons. The van der Waals surface area contributed by atoms with Crippen molar-refractivity contribution >= 4 is 35.6 Å². The van der Waals surface area contributed by atoms with E-state index in [1.54, 1.807) is 23.1 Å². The Morgan fingerprint density at radius 1 is 1.58 bits per heavy atom. The number of carbonyl (C=O) groups excluding carboxylic acids is 1. The van der Waals surface area contributed by atoms with Crippen molar-refractivity contribution < 1.29 is 14.6 Å². The lowest BCUT2D eigenvalue weighted by Gasteiger charge is -2.32. The minimum Gasteiger partial charge on any atom is -0.399 e. The second-order valence-corrected chi connectivity index (χ2v) is 4.57. The second-order valence-electron chi connectivity index (χ2n) is 4.17. The van der Waals surface area contributed by atoms with Gasteiger partial charge in [0.1, 0.15) is 0 Å². The number of anilines is 1. The number of hydrogen-bond acceptors (Lipinski definition) is 4. The van der Waals surface area contributed by atoms with Crippen molar-refractivity contribution in [3.05, 3.63) is 28.8 Å². The van der Waals surface area contributed by atoms with Crippen LogP contribution in [0.5, 0.6) is 0 Å². The molecular formula is C12H16Cl2N2O3. The lowest BCUT2D eigenvalue weighted by Crippen LogP contribution is -2.46. The fraction of sp³-hybridized carbons (Fsp3) is 0.417. The number of amides is 1. The smallest absolute Gasteiger partial charge is 0.255 e. The molecule has 0 spiro atoms. The zero-order valence-electron chi connectivity index (χ0n) is 10.2. The molecule has 1 aliphatic rings. The number of ether oxygens (including phenoxy) is 1. The van der Waals surface area contributed by atoms with Crippen molar-refractivity contribution in [1.29, 1.82) is 0 Å². The number of aliphatic hydroxyl groups is 1. The lowest BCUT2D eigenvalue weighted by molar-refractivity contribution is -0.0447. The summed E-state index contributed by atoms with van der Waals surface area (Å²) in [5.74, 6) is -0.165. The first-order valence-corrected chi connectivity index (χ1v) is 6.06. The zero-order valence-corrected chi connectivity index (χ0v) is 11.8. The summed E-state index contributed by atoms with van der Waals surface area (Å²) >= 11 is 6.01. The van der Waals surface area contributed by atoms with Crippen molar-refractivity contribution in [1.82, 2.24) is 4.90 Å². The monoisotopic (exact) mass is 306 g/mol. The molecule has 1 aromatic carbocycles. The summed E-state index contributed by atoms with van der Waals surface area (Å²) in [7, 11) is 0. The van der Waals surface area contributed by atoms with Crippen molar-refractivity contribution in [3.63, 3.8) is 0 Å². The minimum absolute atomic E-state index is 0. The first-order chi connectivity index (χ1) is 8.61. The van der Waals surface area contributed by atoms with Crippen LogP contribution < -0.4 is 5.73 Å². The Kier molecular flexibility index (Phi) is 5.87. The SMILES string of the molecule is Cl.Nc1ccc(C(=O)N2CCOC(CO)C2)c(Cl)c1. The van der Waals surface area contributed by atoms with E-state index in [2.05, 4.69) is 0 Å². The number of carbonyl (C=O) groups is 1. The van der Waals surface area contributed by atoms with E-state index in [1.807, 2.05) is 0 Å². The van der Waals surface area contributed by atoms with E-state index in [0.717, 1.165) is 0 Å². The predicted molar refractivity (Wildman–Crippen MR) is 75.8 cm³/mol. The molecule has 0 aromatic heterocycles. The van der Waals surface area contributed by atoms with Gasteiger partial charge in [0.05, 0.1) is 29.9 Å². The maximum atomic E-state index is 12.3. The van der Waals surface area contributed by atoms with Crippen LogP contribution in [0.15, 0.2) is 18.2 Å².